The predicted molar refractivity (Wildman–Crippen MR) is 129 cm³/mol. The number of nitrogen functional groups attached to an aromatic ring is 1. The van der Waals surface area contributed by atoms with Crippen LogP contribution < -0.4 is 21.3 Å². The number of carbonyl (C=O) groups excluding carboxylic acids is 1. The van der Waals surface area contributed by atoms with Crippen molar-refractivity contribution in [1.82, 2.24) is 14.9 Å². The number of amides is 2. The molecular weight excluding hydrogens is 516 g/mol. The average Bonchev–Trinajstić information content (AvgIpc) is 2.84. The lowest BCUT2D eigenvalue weighted by Gasteiger charge is -2.35. The Morgan fingerprint density at radius 1 is 0.842 bits per heavy atom. The SMILES string of the molecule is Nc1nc(N2CCN(Cc3ccc(NC(=O)Nc4cccc(C(F)(F)F)c4)cc3)CC2)cc(C(F)(F)F)n1. The lowest BCUT2D eigenvalue weighted by atomic mass is 10.1. The van der Waals surface area contributed by atoms with E-state index >= 15 is 0 Å². The topological polar surface area (TPSA) is 99.4 Å². The number of carbonyl (C=O) groups is 1. The van der Waals surface area contributed by atoms with Crippen LogP contribution in [-0.2, 0) is 18.9 Å². The van der Waals surface area contributed by atoms with Crippen LogP contribution in [0.5, 0.6) is 0 Å². The van der Waals surface area contributed by atoms with Crippen molar-refractivity contribution in [2.24, 2.45) is 0 Å². The number of hydrogen-bond acceptors (Lipinski definition) is 6. The van der Waals surface area contributed by atoms with E-state index in [1.807, 2.05) is 0 Å². The maximum atomic E-state index is 13.0. The number of nitrogens with one attached hydrogen (secondary N) is 2. The molecule has 0 unspecified atom stereocenters. The Labute approximate surface area is 213 Å². The van der Waals surface area contributed by atoms with E-state index in [0.29, 0.717) is 38.4 Å². The van der Waals surface area contributed by atoms with E-state index in [4.69, 9.17) is 5.73 Å². The second-order valence-electron chi connectivity index (χ2n) is 8.59. The lowest BCUT2D eigenvalue weighted by molar-refractivity contribution is -0.141. The van der Waals surface area contributed by atoms with Crippen LogP contribution in [0.25, 0.3) is 0 Å². The van der Waals surface area contributed by atoms with Gasteiger partial charge in [-0.2, -0.15) is 31.3 Å². The third-order valence-electron chi connectivity index (χ3n) is 5.78. The number of nitrogens with zero attached hydrogens (tertiary/aromatic N) is 4. The standard InChI is InChI=1S/C24H23F6N7O/c25-23(26,27)16-2-1-3-18(12-16)33-22(38)32-17-6-4-15(5-7-17)14-36-8-10-37(11-9-36)20-13-19(24(28,29)30)34-21(31)35-20/h1-7,12-13H,8-11,14H2,(H2,31,34,35)(H2,32,33,38). The van der Waals surface area contributed by atoms with Gasteiger partial charge in [-0.05, 0) is 35.9 Å². The zero-order valence-electron chi connectivity index (χ0n) is 19.8. The number of rotatable bonds is 5. The largest absolute Gasteiger partial charge is 0.433 e. The Morgan fingerprint density at radius 3 is 2.13 bits per heavy atom. The van der Waals surface area contributed by atoms with Crippen molar-refractivity contribution in [1.29, 1.82) is 0 Å². The lowest BCUT2D eigenvalue weighted by Crippen LogP contribution is -2.46. The number of urea groups is 1. The number of nitrogens with two attached hydrogens (primary N) is 1. The Bertz CT molecular complexity index is 1270. The molecule has 0 bridgehead atoms. The average molecular weight is 539 g/mol. The van der Waals surface area contributed by atoms with Gasteiger partial charge in [-0.1, -0.05) is 18.2 Å². The highest BCUT2D eigenvalue weighted by molar-refractivity contribution is 5.99. The number of piperazine rings is 1. The molecular formula is C24H23F6N7O. The van der Waals surface area contributed by atoms with Crippen molar-refractivity contribution < 1.29 is 31.1 Å². The highest BCUT2D eigenvalue weighted by atomic mass is 19.4. The molecule has 4 N–H and O–H groups in total. The van der Waals surface area contributed by atoms with Gasteiger partial charge < -0.3 is 21.3 Å². The number of benzene rings is 2. The maximum absolute atomic E-state index is 13.0. The minimum Gasteiger partial charge on any atom is -0.368 e. The normalized spacial score (nSPS) is 14.8. The van der Waals surface area contributed by atoms with Crippen molar-refractivity contribution in [2.75, 3.05) is 47.4 Å². The molecule has 2 amide bonds. The van der Waals surface area contributed by atoms with Crippen LogP contribution in [0, 0.1) is 0 Å². The molecule has 1 fully saturated rings. The van der Waals surface area contributed by atoms with Gasteiger partial charge in [0.25, 0.3) is 0 Å². The Hall–Kier alpha value is -4.07. The second kappa shape index (κ2) is 10.7. The van der Waals surface area contributed by atoms with E-state index in [9.17, 15) is 31.1 Å². The molecule has 2 aromatic carbocycles. The van der Waals surface area contributed by atoms with E-state index in [2.05, 4.69) is 25.5 Å². The molecule has 3 aromatic rings. The first-order valence-corrected chi connectivity index (χ1v) is 11.4. The van der Waals surface area contributed by atoms with E-state index in [0.717, 1.165) is 23.8 Å². The quantitative estimate of drug-likeness (QED) is 0.392. The molecule has 0 aliphatic carbocycles. The summed E-state index contributed by atoms with van der Waals surface area (Å²) in [5.41, 5.74) is 4.91. The molecule has 0 atom stereocenters. The molecule has 0 saturated carbocycles. The molecule has 8 nitrogen and oxygen atoms in total. The van der Waals surface area contributed by atoms with Crippen molar-refractivity contribution >= 4 is 29.2 Å². The van der Waals surface area contributed by atoms with Crippen LogP contribution in [0.3, 0.4) is 0 Å². The fourth-order valence-electron chi connectivity index (χ4n) is 3.91. The first kappa shape index (κ1) is 27.0. The first-order valence-electron chi connectivity index (χ1n) is 11.4. The van der Waals surface area contributed by atoms with Gasteiger partial charge in [0.1, 0.15) is 5.82 Å². The highest BCUT2D eigenvalue weighted by Crippen LogP contribution is 2.31. The minimum atomic E-state index is -4.62. The fraction of sp³-hybridized carbons (Fsp3) is 0.292. The number of alkyl halides is 6. The molecule has 202 valence electrons. The summed E-state index contributed by atoms with van der Waals surface area (Å²) >= 11 is 0. The maximum Gasteiger partial charge on any atom is 0.433 e. The molecule has 1 aromatic heterocycles. The molecule has 1 aliphatic rings. The van der Waals surface area contributed by atoms with Gasteiger partial charge in [0.15, 0.2) is 5.69 Å². The van der Waals surface area contributed by atoms with Gasteiger partial charge in [0.05, 0.1) is 5.56 Å². The van der Waals surface area contributed by atoms with Crippen molar-refractivity contribution in [3.05, 3.63) is 71.4 Å². The van der Waals surface area contributed by atoms with Gasteiger partial charge in [0.2, 0.25) is 5.95 Å². The summed E-state index contributed by atoms with van der Waals surface area (Å²) in [5.74, 6) is -0.308. The molecule has 1 saturated heterocycles. The molecule has 2 heterocycles. The monoisotopic (exact) mass is 539 g/mol. The van der Waals surface area contributed by atoms with Crippen LogP contribution in [0.2, 0.25) is 0 Å². The van der Waals surface area contributed by atoms with Gasteiger partial charge in [-0.15, -0.1) is 0 Å². The Balaban J connectivity index is 1.28. The first-order chi connectivity index (χ1) is 17.9. The van der Waals surface area contributed by atoms with Gasteiger partial charge in [-0.3, -0.25) is 4.90 Å². The highest BCUT2D eigenvalue weighted by Gasteiger charge is 2.34. The second-order valence-corrected chi connectivity index (χ2v) is 8.59. The summed E-state index contributed by atoms with van der Waals surface area (Å²) in [4.78, 5) is 23.2. The van der Waals surface area contributed by atoms with Crippen LogP contribution in [0.1, 0.15) is 16.8 Å². The zero-order valence-corrected chi connectivity index (χ0v) is 19.8. The molecule has 4 rings (SSSR count). The fourth-order valence-corrected chi connectivity index (χ4v) is 3.91. The van der Waals surface area contributed by atoms with Crippen molar-refractivity contribution in [2.45, 2.75) is 18.9 Å². The van der Waals surface area contributed by atoms with Crippen molar-refractivity contribution in [3.63, 3.8) is 0 Å². The number of aromatic nitrogens is 2. The van der Waals surface area contributed by atoms with Crippen LogP contribution in [-0.4, -0.2) is 47.1 Å². The van der Waals surface area contributed by atoms with E-state index in [1.54, 1.807) is 29.2 Å². The smallest absolute Gasteiger partial charge is 0.368 e. The third-order valence-corrected chi connectivity index (χ3v) is 5.78. The number of anilines is 4. The Morgan fingerprint density at radius 2 is 1.50 bits per heavy atom. The van der Waals surface area contributed by atoms with E-state index < -0.39 is 35.6 Å². The van der Waals surface area contributed by atoms with Crippen LogP contribution in [0.4, 0.5) is 54.3 Å². The predicted octanol–water partition coefficient (Wildman–Crippen LogP) is 5.06. The summed E-state index contributed by atoms with van der Waals surface area (Å²) < 4.78 is 77.6. The van der Waals surface area contributed by atoms with Crippen LogP contribution in [0.15, 0.2) is 54.6 Å². The molecule has 0 spiro atoms. The number of halogens is 6. The zero-order chi connectivity index (χ0) is 27.5. The minimum absolute atomic E-state index is 0.00682. The summed E-state index contributed by atoms with van der Waals surface area (Å²) in [6.45, 7) is 2.62. The number of hydrogen-bond donors (Lipinski definition) is 3. The van der Waals surface area contributed by atoms with E-state index in [-0.39, 0.29) is 11.5 Å². The third kappa shape index (κ3) is 7.03. The molecule has 38 heavy (non-hydrogen) atoms. The summed E-state index contributed by atoms with van der Waals surface area (Å²) in [6, 6.07) is 11.4. The summed E-state index contributed by atoms with van der Waals surface area (Å²) in [5, 5.41) is 4.94. The molecule has 1 aliphatic heterocycles. The van der Waals surface area contributed by atoms with E-state index in [1.165, 1.54) is 12.1 Å². The summed E-state index contributed by atoms with van der Waals surface area (Å²) in [7, 11) is 0. The van der Waals surface area contributed by atoms with Crippen LogP contribution >= 0.6 is 0 Å². The molecule has 14 heteroatoms. The summed E-state index contributed by atoms with van der Waals surface area (Å²) in [6.07, 6.45) is -9.13. The van der Waals surface area contributed by atoms with Gasteiger partial charge in [0, 0.05) is 50.2 Å². The Kier molecular flexibility index (Phi) is 7.62. The van der Waals surface area contributed by atoms with Gasteiger partial charge in [-0.25, -0.2) is 9.78 Å². The molecule has 0 radical (unpaired) electrons. The van der Waals surface area contributed by atoms with Crippen molar-refractivity contribution in [3.8, 4) is 0 Å². The van der Waals surface area contributed by atoms with Gasteiger partial charge >= 0.3 is 18.4 Å².